The fourth-order valence-electron chi connectivity index (χ4n) is 2.32. The maximum absolute atomic E-state index is 11.9. The number of hydrazine groups is 1. The Morgan fingerprint density at radius 2 is 1.88 bits per heavy atom. The lowest BCUT2D eigenvalue weighted by atomic mass is 10.2. The number of hydrogen-bond acceptors (Lipinski definition) is 4. The molecular weight excluding hydrogens is 334 g/mol. The third-order valence-electron chi connectivity index (χ3n) is 3.49. The van der Waals surface area contributed by atoms with Crippen molar-refractivity contribution in [1.82, 2.24) is 20.6 Å². The summed E-state index contributed by atoms with van der Waals surface area (Å²) in [5.41, 5.74) is 6.31. The van der Waals surface area contributed by atoms with E-state index in [1.807, 2.05) is 30.5 Å². The number of benzene rings is 2. The smallest absolute Gasteiger partial charge is 0.337 e. The van der Waals surface area contributed by atoms with Crippen molar-refractivity contribution in [2.75, 3.05) is 5.32 Å². The lowest BCUT2D eigenvalue weighted by Crippen LogP contribution is -2.43. The molecule has 0 atom stereocenters. The van der Waals surface area contributed by atoms with Crippen molar-refractivity contribution < 1.29 is 14.7 Å². The highest BCUT2D eigenvalue weighted by molar-refractivity contribution is 5.97. The van der Waals surface area contributed by atoms with Gasteiger partial charge >= 0.3 is 6.03 Å². The molecule has 0 bridgehead atoms. The van der Waals surface area contributed by atoms with Crippen LogP contribution in [0.1, 0.15) is 15.9 Å². The molecule has 132 valence electrons. The predicted octanol–water partition coefficient (Wildman–Crippen LogP) is 2.10. The van der Waals surface area contributed by atoms with Gasteiger partial charge in [-0.1, -0.05) is 18.2 Å². The molecule has 26 heavy (non-hydrogen) atoms. The predicted molar refractivity (Wildman–Crippen MR) is 95.5 cm³/mol. The molecule has 0 unspecified atom stereocenters. The maximum atomic E-state index is 11.9. The number of nitrogens with zero attached hydrogens (tertiary/aromatic N) is 2. The van der Waals surface area contributed by atoms with Gasteiger partial charge in [0.15, 0.2) is 0 Å². The molecule has 0 saturated heterocycles. The quantitative estimate of drug-likeness (QED) is 0.540. The maximum Gasteiger partial charge on any atom is 0.337 e. The highest BCUT2D eigenvalue weighted by Crippen LogP contribution is 2.12. The molecule has 3 rings (SSSR count). The molecule has 8 nitrogen and oxygen atoms in total. The van der Waals surface area contributed by atoms with Gasteiger partial charge < -0.3 is 10.4 Å². The molecule has 0 radical (unpaired) electrons. The second-order valence-electron chi connectivity index (χ2n) is 5.49. The summed E-state index contributed by atoms with van der Waals surface area (Å²) in [5, 5.41) is 16.1. The lowest BCUT2D eigenvalue weighted by Gasteiger charge is -2.10. The minimum atomic E-state index is -0.588. The van der Waals surface area contributed by atoms with Gasteiger partial charge in [-0.3, -0.25) is 14.9 Å². The average Bonchev–Trinajstić information content (AvgIpc) is 3.13. The number of carbonyl (C=O) groups excluding carboxylic acids is 2. The van der Waals surface area contributed by atoms with Gasteiger partial charge in [-0.15, -0.1) is 0 Å². The monoisotopic (exact) mass is 351 g/mol. The highest BCUT2D eigenvalue weighted by Gasteiger charge is 2.08. The van der Waals surface area contributed by atoms with Crippen molar-refractivity contribution in [2.45, 2.75) is 6.54 Å². The molecule has 4 N–H and O–H groups in total. The van der Waals surface area contributed by atoms with Gasteiger partial charge in [0.2, 0.25) is 0 Å². The minimum Gasteiger partial charge on any atom is -0.508 e. The summed E-state index contributed by atoms with van der Waals surface area (Å²) < 4.78 is 1.77. The minimum absolute atomic E-state index is 0.0314. The Kier molecular flexibility index (Phi) is 5.14. The van der Waals surface area contributed by atoms with Gasteiger partial charge in [0.1, 0.15) is 5.75 Å². The zero-order valence-electron chi connectivity index (χ0n) is 13.7. The van der Waals surface area contributed by atoms with E-state index in [0.717, 1.165) is 5.56 Å². The molecule has 0 aliphatic carbocycles. The van der Waals surface area contributed by atoms with Crippen LogP contribution in [0.3, 0.4) is 0 Å². The Labute approximate surface area is 149 Å². The molecule has 1 aromatic heterocycles. The summed E-state index contributed by atoms with van der Waals surface area (Å²) in [5.74, 6) is -0.570. The average molecular weight is 351 g/mol. The lowest BCUT2D eigenvalue weighted by molar-refractivity contribution is 0.0937. The van der Waals surface area contributed by atoms with Gasteiger partial charge in [-0.05, 0) is 42.0 Å². The van der Waals surface area contributed by atoms with Crippen LogP contribution in [0.2, 0.25) is 0 Å². The zero-order chi connectivity index (χ0) is 18.4. The molecule has 0 fully saturated rings. The summed E-state index contributed by atoms with van der Waals surface area (Å²) in [6.07, 6.45) is 3.55. The van der Waals surface area contributed by atoms with E-state index in [2.05, 4.69) is 21.3 Å². The van der Waals surface area contributed by atoms with Crippen LogP contribution in [0.5, 0.6) is 5.75 Å². The highest BCUT2D eigenvalue weighted by atomic mass is 16.3. The number of aromatic nitrogens is 2. The number of nitrogens with one attached hydrogen (secondary N) is 3. The Morgan fingerprint density at radius 1 is 1.04 bits per heavy atom. The molecule has 3 amide bonds. The van der Waals surface area contributed by atoms with E-state index in [-0.39, 0.29) is 11.3 Å². The van der Waals surface area contributed by atoms with Gasteiger partial charge in [-0.25, -0.2) is 10.2 Å². The molecule has 0 saturated carbocycles. The number of phenolic OH excluding ortho intramolecular Hbond substituents is 1. The van der Waals surface area contributed by atoms with Gasteiger partial charge in [0, 0.05) is 23.6 Å². The van der Waals surface area contributed by atoms with E-state index in [1.54, 1.807) is 16.9 Å². The van der Waals surface area contributed by atoms with E-state index in [4.69, 9.17) is 0 Å². The molecule has 0 spiro atoms. The Bertz CT molecular complexity index is 909. The summed E-state index contributed by atoms with van der Waals surface area (Å²) in [6.45, 7) is 0.582. The molecular formula is C18H17N5O3. The standard InChI is InChI=1S/C18H17N5O3/c24-16-7-2-5-14(11-16)17(25)21-22-18(26)20-15-6-1-4-13(10-15)12-23-9-3-8-19-23/h1-11,24H,12H2,(H,21,25)(H2,20,22,26). The van der Waals surface area contributed by atoms with Crippen LogP contribution < -0.4 is 16.2 Å². The second kappa shape index (κ2) is 7.84. The van der Waals surface area contributed by atoms with Crippen LogP contribution in [0.25, 0.3) is 0 Å². The van der Waals surface area contributed by atoms with Crippen LogP contribution in [-0.4, -0.2) is 26.8 Å². The van der Waals surface area contributed by atoms with Crippen molar-refractivity contribution in [3.63, 3.8) is 0 Å². The van der Waals surface area contributed by atoms with Crippen molar-refractivity contribution in [3.8, 4) is 5.75 Å². The van der Waals surface area contributed by atoms with Crippen molar-refractivity contribution >= 4 is 17.6 Å². The first kappa shape index (κ1) is 17.0. The van der Waals surface area contributed by atoms with Gasteiger partial charge in [-0.2, -0.15) is 5.10 Å². The van der Waals surface area contributed by atoms with Crippen molar-refractivity contribution in [2.24, 2.45) is 0 Å². The fourth-order valence-corrected chi connectivity index (χ4v) is 2.32. The Hall–Kier alpha value is -3.81. The van der Waals surface area contributed by atoms with E-state index in [1.165, 1.54) is 24.3 Å². The number of phenols is 1. The Morgan fingerprint density at radius 3 is 2.65 bits per heavy atom. The number of rotatable bonds is 4. The summed E-state index contributed by atoms with van der Waals surface area (Å²) in [7, 11) is 0. The topological polar surface area (TPSA) is 108 Å². The van der Waals surface area contributed by atoms with Crippen molar-refractivity contribution in [3.05, 3.63) is 78.1 Å². The van der Waals surface area contributed by atoms with Crippen LogP contribution in [-0.2, 0) is 6.54 Å². The number of urea groups is 1. The number of hydrogen-bond donors (Lipinski definition) is 4. The zero-order valence-corrected chi connectivity index (χ0v) is 13.7. The van der Waals surface area contributed by atoms with E-state index >= 15 is 0 Å². The van der Waals surface area contributed by atoms with Crippen LogP contribution in [0, 0.1) is 0 Å². The summed E-state index contributed by atoms with van der Waals surface area (Å²) in [4.78, 5) is 23.9. The fraction of sp³-hybridized carbons (Fsp3) is 0.0556. The molecule has 2 aromatic carbocycles. The molecule has 3 aromatic rings. The SMILES string of the molecule is O=C(NNC(=O)c1cccc(O)c1)Nc1cccc(Cn2cccn2)c1. The number of aromatic hydroxyl groups is 1. The third-order valence-corrected chi connectivity index (χ3v) is 3.49. The number of amides is 3. The molecule has 0 aliphatic heterocycles. The van der Waals surface area contributed by atoms with E-state index < -0.39 is 11.9 Å². The first-order valence-electron chi connectivity index (χ1n) is 7.83. The third kappa shape index (κ3) is 4.60. The molecule has 8 heteroatoms. The van der Waals surface area contributed by atoms with E-state index in [9.17, 15) is 14.7 Å². The van der Waals surface area contributed by atoms with E-state index in [0.29, 0.717) is 12.2 Å². The van der Waals surface area contributed by atoms with Gasteiger partial charge in [0.25, 0.3) is 5.91 Å². The number of anilines is 1. The van der Waals surface area contributed by atoms with Crippen LogP contribution >= 0.6 is 0 Å². The van der Waals surface area contributed by atoms with Crippen LogP contribution in [0.4, 0.5) is 10.5 Å². The second-order valence-corrected chi connectivity index (χ2v) is 5.49. The normalized spacial score (nSPS) is 10.2. The molecule has 1 heterocycles. The molecule has 0 aliphatic rings. The Balaban J connectivity index is 1.54. The first-order valence-corrected chi connectivity index (χ1v) is 7.83. The summed E-state index contributed by atoms with van der Waals surface area (Å²) in [6, 6.07) is 14.4. The number of carbonyl (C=O) groups is 2. The summed E-state index contributed by atoms with van der Waals surface area (Å²) >= 11 is 0. The van der Waals surface area contributed by atoms with Crippen molar-refractivity contribution in [1.29, 1.82) is 0 Å². The largest absolute Gasteiger partial charge is 0.508 e. The first-order chi connectivity index (χ1) is 12.6. The van der Waals surface area contributed by atoms with Crippen LogP contribution in [0.15, 0.2) is 67.0 Å². The van der Waals surface area contributed by atoms with Gasteiger partial charge in [0.05, 0.1) is 6.54 Å².